The lowest BCUT2D eigenvalue weighted by Crippen LogP contribution is -2.35. The molecule has 1 fully saturated rings. The van der Waals surface area contributed by atoms with Crippen LogP contribution >= 0.6 is 0 Å². The van der Waals surface area contributed by atoms with Crippen LogP contribution < -0.4 is 10.5 Å². The van der Waals surface area contributed by atoms with Gasteiger partial charge < -0.3 is 10.5 Å². The van der Waals surface area contributed by atoms with Gasteiger partial charge in [-0.2, -0.15) is 4.31 Å². The van der Waals surface area contributed by atoms with Crippen molar-refractivity contribution in [2.24, 2.45) is 5.73 Å². The summed E-state index contributed by atoms with van der Waals surface area (Å²) in [6.45, 7) is 1.20. The first-order valence-electron chi connectivity index (χ1n) is 6.95. The largest absolute Gasteiger partial charge is 0.497 e. The van der Waals surface area contributed by atoms with Gasteiger partial charge in [0.1, 0.15) is 5.75 Å². The van der Waals surface area contributed by atoms with E-state index in [-0.39, 0.29) is 6.04 Å². The summed E-state index contributed by atoms with van der Waals surface area (Å²) in [5.41, 5.74) is 5.52. The highest BCUT2D eigenvalue weighted by Gasteiger charge is 2.34. The van der Waals surface area contributed by atoms with Crippen LogP contribution in [-0.2, 0) is 10.0 Å². The number of hydrogen-bond acceptors (Lipinski definition) is 4. The minimum absolute atomic E-state index is 0.0886. The third-order valence-electron chi connectivity index (χ3n) is 3.73. The first kappa shape index (κ1) is 15.3. The summed E-state index contributed by atoms with van der Waals surface area (Å²) in [4.78, 5) is 0.331. The summed E-state index contributed by atoms with van der Waals surface area (Å²) >= 11 is 0. The average molecular weight is 298 g/mol. The Labute approximate surface area is 120 Å². The summed E-state index contributed by atoms with van der Waals surface area (Å²) in [6, 6.07) is 6.65. The maximum Gasteiger partial charge on any atom is 0.243 e. The van der Waals surface area contributed by atoms with Crippen LogP contribution in [-0.4, -0.2) is 39.0 Å². The van der Waals surface area contributed by atoms with Crippen molar-refractivity contribution in [2.75, 3.05) is 20.2 Å². The van der Waals surface area contributed by atoms with Crippen LogP contribution in [0.1, 0.15) is 25.7 Å². The third-order valence-corrected chi connectivity index (χ3v) is 5.70. The molecule has 1 saturated heterocycles. The van der Waals surface area contributed by atoms with Crippen LogP contribution in [0.5, 0.6) is 5.75 Å². The van der Waals surface area contributed by atoms with Gasteiger partial charge in [-0.05, 0) is 56.5 Å². The van der Waals surface area contributed by atoms with Crippen LogP contribution in [0.25, 0.3) is 0 Å². The van der Waals surface area contributed by atoms with E-state index in [9.17, 15) is 8.42 Å². The van der Waals surface area contributed by atoms with Crippen molar-refractivity contribution in [3.8, 4) is 5.75 Å². The first-order chi connectivity index (χ1) is 9.59. The van der Waals surface area contributed by atoms with Crippen LogP contribution in [0.3, 0.4) is 0 Å². The zero-order valence-electron chi connectivity index (χ0n) is 11.8. The van der Waals surface area contributed by atoms with Gasteiger partial charge in [0.05, 0.1) is 12.0 Å². The Balaban J connectivity index is 2.19. The average Bonchev–Trinajstić information content (AvgIpc) is 2.94. The normalized spacial score (nSPS) is 20.2. The number of ether oxygens (including phenoxy) is 1. The van der Waals surface area contributed by atoms with Crippen molar-refractivity contribution in [3.63, 3.8) is 0 Å². The molecule has 112 valence electrons. The smallest absolute Gasteiger partial charge is 0.243 e. The van der Waals surface area contributed by atoms with Gasteiger partial charge in [0.25, 0.3) is 0 Å². The molecule has 1 heterocycles. The summed E-state index contributed by atoms with van der Waals surface area (Å²) in [7, 11) is -1.84. The fourth-order valence-corrected chi connectivity index (χ4v) is 4.37. The molecular formula is C14H22N2O3S. The predicted molar refractivity (Wildman–Crippen MR) is 78.2 cm³/mol. The molecule has 20 heavy (non-hydrogen) atoms. The summed E-state index contributed by atoms with van der Waals surface area (Å²) in [5, 5.41) is 0. The molecule has 0 aliphatic carbocycles. The molecule has 0 amide bonds. The Morgan fingerprint density at radius 2 is 2.05 bits per heavy atom. The molecule has 0 spiro atoms. The van der Waals surface area contributed by atoms with Crippen LogP contribution in [0.2, 0.25) is 0 Å². The van der Waals surface area contributed by atoms with E-state index in [1.807, 2.05) is 0 Å². The maximum atomic E-state index is 12.7. The molecule has 0 bridgehead atoms. The quantitative estimate of drug-likeness (QED) is 0.865. The van der Waals surface area contributed by atoms with Gasteiger partial charge in [0, 0.05) is 12.6 Å². The molecule has 2 N–H and O–H groups in total. The lowest BCUT2D eigenvalue weighted by Gasteiger charge is -2.24. The van der Waals surface area contributed by atoms with E-state index >= 15 is 0 Å². The molecular weight excluding hydrogens is 276 g/mol. The van der Waals surface area contributed by atoms with Gasteiger partial charge >= 0.3 is 0 Å². The highest BCUT2D eigenvalue weighted by Crippen LogP contribution is 2.29. The molecule has 1 unspecified atom stereocenters. The van der Waals surface area contributed by atoms with E-state index in [0.29, 0.717) is 23.7 Å². The van der Waals surface area contributed by atoms with Gasteiger partial charge in [-0.15, -0.1) is 0 Å². The molecule has 5 nitrogen and oxygen atoms in total. The Kier molecular flexibility index (Phi) is 5.01. The number of rotatable bonds is 6. The summed E-state index contributed by atoms with van der Waals surface area (Å²) in [5.74, 6) is 0.657. The van der Waals surface area contributed by atoms with Gasteiger partial charge in [0.2, 0.25) is 10.0 Å². The number of methoxy groups -OCH3 is 1. The van der Waals surface area contributed by atoms with E-state index in [0.717, 1.165) is 25.7 Å². The van der Waals surface area contributed by atoms with Gasteiger partial charge in [-0.1, -0.05) is 0 Å². The van der Waals surface area contributed by atoms with Crippen molar-refractivity contribution in [2.45, 2.75) is 36.6 Å². The van der Waals surface area contributed by atoms with Gasteiger partial charge in [-0.25, -0.2) is 8.42 Å². The Morgan fingerprint density at radius 3 is 2.65 bits per heavy atom. The highest BCUT2D eigenvalue weighted by atomic mass is 32.2. The summed E-state index contributed by atoms with van der Waals surface area (Å²) < 4.78 is 32.0. The second kappa shape index (κ2) is 6.56. The monoisotopic (exact) mass is 298 g/mol. The van der Waals surface area contributed by atoms with E-state index in [1.165, 1.54) is 0 Å². The van der Waals surface area contributed by atoms with E-state index < -0.39 is 10.0 Å². The van der Waals surface area contributed by atoms with Crippen LogP contribution in [0.15, 0.2) is 29.2 Å². The van der Waals surface area contributed by atoms with Crippen molar-refractivity contribution in [1.29, 1.82) is 0 Å². The SMILES string of the molecule is COc1ccc(S(=O)(=O)N2CCCC2CCCN)cc1. The number of nitrogens with two attached hydrogens (primary N) is 1. The van der Waals surface area contributed by atoms with E-state index in [2.05, 4.69) is 0 Å². The van der Waals surface area contributed by atoms with Gasteiger partial charge in [0.15, 0.2) is 0 Å². The van der Waals surface area contributed by atoms with Crippen molar-refractivity contribution in [1.82, 2.24) is 4.31 Å². The van der Waals surface area contributed by atoms with Gasteiger partial charge in [-0.3, -0.25) is 0 Å². The van der Waals surface area contributed by atoms with E-state index in [1.54, 1.807) is 35.7 Å². The third kappa shape index (κ3) is 3.13. The lowest BCUT2D eigenvalue weighted by molar-refractivity contribution is 0.365. The molecule has 1 aromatic rings. The molecule has 1 aliphatic heterocycles. The minimum atomic E-state index is -3.41. The molecule has 2 rings (SSSR count). The molecule has 1 aliphatic rings. The Bertz CT molecular complexity index is 528. The summed E-state index contributed by atoms with van der Waals surface area (Å²) in [6.07, 6.45) is 3.55. The Morgan fingerprint density at radius 1 is 1.35 bits per heavy atom. The van der Waals surface area contributed by atoms with Crippen molar-refractivity contribution >= 4 is 10.0 Å². The predicted octanol–water partition coefficient (Wildman–Crippen LogP) is 1.59. The highest BCUT2D eigenvalue weighted by molar-refractivity contribution is 7.89. The first-order valence-corrected chi connectivity index (χ1v) is 8.39. The zero-order chi connectivity index (χ0) is 14.6. The molecule has 0 radical (unpaired) electrons. The number of benzene rings is 1. The lowest BCUT2D eigenvalue weighted by atomic mass is 10.1. The van der Waals surface area contributed by atoms with Crippen molar-refractivity contribution in [3.05, 3.63) is 24.3 Å². The molecule has 0 aromatic heterocycles. The van der Waals surface area contributed by atoms with Crippen LogP contribution in [0, 0.1) is 0 Å². The van der Waals surface area contributed by atoms with E-state index in [4.69, 9.17) is 10.5 Å². The maximum absolute atomic E-state index is 12.7. The number of nitrogens with zero attached hydrogens (tertiary/aromatic N) is 1. The minimum Gasteiger partial charge on any atom is -0.497 e. The molecule has 1 aromatic carbocycles. The standard InChI is InChI=1S/C14H22N2O3S/c1-19-13-6-8-14(9-7-13)20(17,18)16-11-3-5-12(16)4-2-10-15/h6-9,12H,2-5,10-11,15H2,1H3. The molecule has 6 heteroatoms. The van der Waals surface area contributed by atoms with Crippen molar-refractivity contribution < 1.29 is 13.2 Å². The fourth-order valence-electron chi connectivity index (χ4n) is 2.65. The topological polar surface area (TPSA) is 72.6 Å². The van der Waals surface area contributed by atoms with Crippen LogP contribution in [0.4, 0.5) is 0 Å². The molecule has 0 saturated carbocycles. The second-order valence-electron chi connectivity index (χ2n) is 5.02. The molecule has 1 atom stereocenters. The second-order valence-corrected chi connectivity index (χ2v) is 6.91. The fraction of sp³-hybridized carbons (Fsp3) is 0.571. The Hall–Kier alpha value is -1.11. The number of hydrogen-bond donors (Lipinski definition) is 1. The zero-order valence-corrected chi connectivity index (χ0v) is 12.6. The number of sulfonamides is 1.